The van der Waals surface area contributed by atoms with Crippen molar-refractivity contribution in [1.82, 2.24) is 0 Å². The number of rotatable bonds is 7. The van der Waals surface area contributed by atoms with Gasteiger partial charge in [-0.15, -0.1) is 0 Å². The van der Waals surface area contributed by atoms with Crippen LogP contribution in [0.15, 0.2) is 42.5 Å². The normalized spacial score (nSPS) is 10.2. The fraction of sp³-hybridized carbons (Fsp3) is 0.263. The molecule has 0 heterocycles. The molecule has 0 fully saturated rings. The summed E-state index contributed by atoms with van der Waals surface area (Å²) in [6, 6.07) is 12.4. The van der Waals surface area contributed by atoms with Gasteiger partial charge in [-0.2, -0.15) is 0 Å². The molecule has 2 N–H and O–H groups in total. The second-order valence-electron chi connectivity index (χ2n) is 5.57. The maximum atomic E-state index is 12.1. The number of ether oxygens (including phenoxy) is 1. The van der Waals surface area contributed by atoms with Crippen molar-refractivity contribution >= 4 is 17.6 Å². The number of aromatic carboxylic acids is 1. The van der Waals surface area contributed by atoms with Gasteiger partial charge >= 0.3 is 5.97 Å². The van der Waals surface area contributed by atoms with E-state index in [1.807, 2.05) is 25.1 Å². The Morgan fingerprint density at radius 3 is 2.62 bits per heavy atom. The van der Waals surface area contributed by atoms with E-state index < -0.39 is 5.97 Å². The molecule has 2 rings (SSSR count). The van der Waals surface area contributed by atoms with Crippen LogP contribution in [0.3, 0.4) is 0 Å². The Labute approximate surface area is 141 Å². The largest absolute Gasteiger partial charge is 0.496 e. The number of benzene rings is 2. The Balaban J connectivity index is 1.92. The number of para-hydroxylation sites is 1. The zero-order valence-electron chi connectivity index (χ0n) is 13.8. The molecule has 0 aliphatic carbocycles. The number of carboxylic acid groups (broad SMARTS) is 1. The van der Waals surface area contributed by atoms with E-state index in [0.29, 0.717) is 18.5 Å². The van der Waals surface area contributed by atoms with Gasteiger partial charge in [0, 0.05) is 6.42 Å². The van der Waals surface area contributed by atoms with Crippen molar-refractivity contribution in [3.63, 3.8) is 0 Å². The first-order chi connectivity index (χ1) is 11.5. The summed E-state index contributed by atoms with van der Waals surface area (Å²) in [6.07, 6.45) is 1.68. The zero-order chi connectivity index (χ0) is 17.5. The van der Waals surface area contributed by atoms with Crippen LogP contribution in [0.1, 0.15) is 34.3 Å². The number of hydrogen-bond acceptors (Lipinski definition) is 3. The van der Waals surface area contributed by atoms with Crippen molar-refractivity contribution in [2.75, 3.05) is 12.4 Å². The molecule has 0 saturated carbocycles. The number of hydrogen-bond donors (Lipinski definition) is 2. The van der Waals surface area contributed by atoms with E-state index in [2.05, 4.69) is 5.32 Å². The molecular formula is C19H21NO4. The molecule has 0 aliphatic heterocycles. The first-order valence-corrected chi connectivity index (χ1v) is 7.77. The second-order valence-corrected chi connectivity index (χ2v) is 5.57. The molecule has 0 spiro atoms. The molecule has 2 aromatic rings. The fourth-order valence-electron chi connectivity index (χ4n) is 2.49. The lowest BCUT2D eigenvalue weighted by molar-refractivity contribution is -0.116. The number of carbonyl (C=O) groups excluding carboxylic acids is 1. The lowest BCUT2D eigenvalue weighted by Crippen LogP contribution is -2.14. The molecule has 0 aromatic heterocycles. The van der Waals surface area contributed by atoms with Gasteiger partial charge in [0.05, 0.1) is 18.4 Å². The van der Waals surface area contributed by atoms with Gasteiger partial charge in [-0.1, -0.05) is 24.3 Å². The molecule has 0 unspecified atom stereocenters. The summed E-state index contributed by atoms with van der Waals surface area (Å²) in [5.41, 5.74) is 2.59. The van der Waals surface area contributed by atoms with Crippen LogP contribution < -0.4 is 10.1 Å². The lowest BCUT2D eigenvalue weighted by Gasteiger charge is -2.10. The van der Waals surface area contributed by atoms with Gasteiger partial charge < -0.3 is 15.2 Å². The Hall–Kier alpha value is -2.82. The Morgan fingerprint density at radius 1 is 1.17 bits per heavy atom. The molecule has 0 radical (unpaired) electrons. The number of carboxylic acids is 1. The molecule has 0 atom stereocenters. The standard InChI is InChI=1S/C19H21NO4/c1-13-10-11-14(17(12-13)24-2)6-5-9-18(21)20-16-8-4-3-7-15(16)19(22)23/h3-4,7-8,10-12H,5-6,9H2,1-2H3,(H,20,21)(H,22,23). The number of methoxy groups -OCH3 is 1. The summed E-state index contributed by atoms with van der Waals surface area (Å²) in [6.45, 7) is 2.00. The molecule has 2 aromatic carbocycles. The van der Waals surface area contributed by atoms with Crippen LogP contribution in [0.5, 0.6) is 5.75 Å². The highest BCUT2D eigenvalue weighted by Crippen LogP contribution is 2.22. The van der Waals surface area contributed by atoms with E-state index in [1.54, 1.807) is 25.3 Å². The minimum Gasteiger partial charge on any atom is -0.496 e. The Kier molecular flexibility index (Phi) is 5.95. The van der Waals surface area contributed by atoms with Gasteiger partial charge in [-0.25, -0.2) is 4.79 Å². The summed E-state index contributed by atoms with van der Waals surface area (Å²) in [5.74, 6) is -0.434. The van der Waals surface area contributed by atoms with Crippen molar-refractivity contribution in [2.24, 2.45) is 0 Å². The zero-order valence-corrected chi connectivity index (χ0v) is 13.8. The second kappa shape index (κ2) is 8.15. The van der Waals surface area contributed by atoms with Crippen LogP contribution in [0.4, 0.5) is 5.69 Å². The summed E-state index contributed by atoms with van der Waals surface area (Å²) in [5, 5.41) is 11.8. The van der Waals surface area contributed by atoms with Gasteiger partial charge in [0.15, 0.2) is 0 Å². The molecule has 0 bridgehead atoms. The average molecular weight is 327 g/mol. The number of carbonyl (C=O) groups is 2. The Morgan fingerprint density at radius 2 is 1.92 bits per heavy atom. The highest BCUT2D eigenvalue weighted by Gasteiger charge is 2.12. The third-order valence-corrected chi connectivity index (χ3v) is 3.72. The predicted octanol–water partition coefficient (Wildman–Crippen LogP) is 3.66. The van der Waals surface area contributed by atoms with E-state index in [-0.39, 0.29) is 11.5 Å². The summed E-state index contributed by atoms with van der Waals surface area (Å²) in [4.78, 5) is 23.2. The highest BCUT2D eigenvalue weighted by molar-refractivity contribution is 6.00. The highest BCUT2D eigenvalue weighted by atomic mass is 16.5. The van der Waals surface area contributed by atoms with Crippen LogP contribution in [0.2, 0.25) is 0 Å². The first kappa shape index (κ1) is 17.5. The van der Waals surface area contributed by atoms with Crippen molar-refractivity contribution in [3.05, 3.63) is 59.2 Å². The first-order valence-electron chi connectivity index (χ1n) is 7.77. The summed E-state index contributed by atoms with van der Waals surface area (Å²) in [7, 11) is 1.63. The fourth-order valence-corrected chi connectivity index (χ4v) is 2.49. The van der Waals surface area contributed by atoms with Gasteiger partial charge in [0.1, 0.15) is 5.75 Å². The third-order valence-electron chi connectivity index (χ3n) is 3.72. The third kappa shape index (κ3) is 4.59. The monoisotopic (exact) mass is 327 g/mol. The molecule has 1 amide bonds. The van der Waals surface area contributed by atoms with E-state index >= 15 is 0 Å². The van der Waals surface area contributed by atoms with E-state index in [1.165, 1.54) is 6.07 Å². The van der Waals surface area contributed by atoms with Crippen molar-refractivity contribution in [1.29, 1.82) is 0 Å². The predicted molar refractivity (Wildman–Crippen MR) is 92.7 cm³/mol. The van der Waals surface area contributed by atoms with Gasteiger partial charge in [-0.3, -0.25) is 4.79 Å². The molecule has 0 aliphatic rings. The molecule has 5 nitrogen and oxygen atoms in total. The smallest absolute Gasteiger partial charge is 0.337 e. The van der Waals surface area contributed by atoms with Crippen molar-refractivity contribution in [3.8, 4) is 5.75 Å². The molecule has 0 saturated heterocycles. The number of amides is 1. The summed E-state index contributed by atoms with van der Waals surface area (Å²) >= 11 is 0. The topological polar surface area (TPSA) is 75.6 Å². The quantitative estimate of drug-likeness (QED) is 0.813. The van der Waals surface area contributed by atoms with Crippen LogP contribution in [-0.2, 0) is 11.2 Å². The number of anilines is 1. The molecule has 5 heteroatoms. The van der Waals surface area contributed by atoms with Gasteiger partial charge in [0.2, 0.25) is 5.91 Å². The maximum Gasteiger partial charge on any atom is 0.337 e. The minimum atomic E-state index is -1.06. The van der Waals surface area contributed by atoms with E-state index in [9.17, 15) is 9.59 Å². The molecule has 126 valence electrons. The maximum absolute atomic E-state index is 12.1. The average Bonchev–Trinajstić information content (AvgIpc) is 2.56. The minimum absolute atomic E-state index is 0.0889. The molecular weight excluding hydrogens is 306 g/mol. The molecule has 24 heavy (non-hydrogen) atoms. The van der Waals surface area contributed by atoms with E-state index in [0.717, 1.165) is 23.3 Å². The van der Waals surface area contributed by atoms with Gasteiger partial charge in [-0.05, 0) is 49.1 Å². The van der Waals surface area contributed by atoms with Crippen LogP contribution in [0.25, 0.3) is 0 Å². The SMILES string of the molecule is COc1cc(C)ccc1CCCC(=O)Nc1ccccc1C(=O)O. The van der Waals surface area contributed by atoms with E-state index in [4.69, 9.17) is 9.84 Å². The van der Waals surface area contributed by atoms with Crippen LogP contribution in [0, 0.1) is 6.92 Å². The van der Waals surface area contributed by atoms with Crippen molar-refractivity contribution in [2.45, 2.75) is 26.2 Å². The van der Waals surface area contributed by atoms with Crippen LogP contribution >= 0.6 is 0 Å². The summed E-state index contributed by atoms with van der Waals surface area (Å²) < 4.78 is 5.36. The number of aryl methyl sites for hydroxylation is 2. The van der Waals surface area contributed by atoms with Gasteiger partial charge in [0.25, 0.3) is 0 Å². The van der Waals surface area contributed by atoms with Crippen molar-refractivity contribution < 1.29 is 19.4 Å². The lowest BCUT2D eigenvalue weighted by atomic mass is 10.0. The number of nitrogens with one attached hydrogen (secondary N) is 1. The Bertz CT molecular complexity index is 740. The van der Waals surface area contributed by atoms with Crippen LogP contribution in [-0.4, -0.2) is 24.1 Å².